The van der Waals surface area contributed by atoms with Gasteiger partial charge in [-0.25, -0.2) is 4.79 Å². The van der Waals surface area contributed by atoms with Gasteiger partial charge in [0, 0.05) is 19.3 Å². The molecule has 28 heavy (non-hydrogen) atoms. The van der Waals surface area contributed by atoms with E-state index in [1.165, 1.54) is 11.1 Å². The molecular weight excluding hydrogens is 350 g/mol. The number of amides is 1. The number of rotatable bonds is 6. The largest absolute Gasteiger partial charge is 0.449 e. The number of nitriles is 1. The average molecular weight is 380 g/mol. The molecule has 2 aromatic rings. The van der Waals surface area contributed by atoms with Gasteiger partial charge in [0.25, 0.3) is 0 Å². The van der Waals surface area contributed by atoms with Crippen LogP contribution in [0.1, 0.15) is 50.8 Å². The van der Waals surface area contributed by atoms with Crippen molar-refractivity contribution in [2.75, 3.05) is 23.9 Å². The highest BCUT2D eigenvalue weighted by molar-refractivity contribution is 5.87. The predicted octanol–water partition coefficient (Wildman–Crippen LogP) is 5.45. The van der Waals surface area contributed by atoms with E-state index in [0.29, 0.717) is 17.9 Å². The van der Waals surface area contributed by atoms with Crippen molar-refractivity contribution in [3.05, 3.63) is 59.2 Å². The fourth-order valence-electron chi connectivity index (χ4n) is 2.79. The van der Waals surface area contributed by atoms with E-state index in [4.69, 9.17) is 4.74 Å². The van der Waals surface area contributed by atoms with Gasteiger partial charge in [-0.15, -0.1) is 0 Å². The summed E-state index contributed by atoms with van der Waals surface area (Å²) in [6, 6.07) is 16.2. The first-order valence-corrected chi connectivity index (χ1v) is 9.53. The third-order valence-electron chi connectivity index (χ3n) is 4.48. The molecule has 5 nitrogen and oxygen atoms in total. The molecule has 1 N–H and O–H groups in total. The standard InChI is InChI=1S/C23H29N3O2/c1-6-13-28-22(27)25-21-12-11-20(14-18(21)15-24)26(5)16-17-7-9-19(10-8-17)23(2,3)4/h7-12,14H,6,13,16H2,1-5H3,(H,25,27). The second-order valence-corrected chi connectivity index (χ2v) is 7.91. The summed E-state index contributed by atoms with van der Waals surface area (Å²) in [7, 11) is 1.98. The van der Waals surface area contributed by atoms with Crippen LogP contribution in [0.4, 0.5) is 16.2 Å². The summed E-state index contributed by atoms with van der Waals surface area (Å²) in [6.45, 7) is 9.60. The normalized spacial score (nSPS) is 10.9. The van der Waals surface area contributed by atoms with Gasteiger partial charge in [0.15, 0.2) is 0 Å². The molecule has 148 valence electrons. The Bertz CT molecular complexity index is 846. The van der Waals surface area contributed by atoms with Crippen LogP contribution in [-0.2, 0) is 16.7 Å². The fraction of sp³-hybridized carbons (Fsp3) is 0.391. The smallest absolute Gasteiger partial charge is 0.411 e. The zero-order chi connectivity index (χ0) is 20.7. The van der Waals surface area contributed by atoms with Gasteiger partial charge in [0.1, 0.15) is 6.07 Å². The van der Waals surface area contributed by atoms with Crippen LogP contribution in [-0.4, -0.2) is 19.7 Å². The van der Waals surface area contributed by atoms with E-state index < -0.39 is 6.09 Å². The Balaban J connectivity index is 2.10. The lowest BCUT2D eigenvalue weighted by molar-refractivity contribution is 0.161. The first-order valence-electron chi connectivity index (χ1n) is 9.53. The molecule has 0 aliphatic carbocycles. The van der Waals surface area contributed by atoms with Crippen molar-refractivity contribution < 1.29 is 9.53 Å². The van der Waals surface area contributed by atoms with Crippen molar-refractivity contribution in [3.63, 3.8) is 0 Å². The predicted molar refractivity (Wildman–Crippen MR) is 114 cm³/mol. The van der Waals surface area contributed by atoms with E-state index >= 15 is 0 Å². The van der Waals surface area contributed by atoms with Crippen LogP contribution in [0.15, 0.2) is 42.5 Å². The maximum atomic E-state index is 11.7. The lowest BCUT2D eigenvalue weighted by Crippen LogP contribution is -2.18. The number of anilines is 2. The molecule has 0 radical (unpaired) electrons. The molecule has 0 aliphatic heterocycles. The van der Waals surface area contributed by atoms with Crippen LogP contribution in [0, 0.1) is 11.3 Å². The Labute approximate surface area is 167 Å². The Hall–Kier alpha value is -3.00. The number of ether oxygens (including phenoxy) is 1. The van der Waals surface area contributed by atoms with E-state index in [-0.39, 0.29) is 5.41 Å². The van der Waals surface area contributed by atoms with Gasteiger partial charge < -0.3 is 9.64 Å². The maximum Gasteiger partial charge on any atom is 0.411 e. The number of carbonyl (C=O) groups is 1. The molecule has 0 saturated heterocycles. The summed E-state index contributed by atoms with van der Waals surface area (Å²) in [5.74, 6) is 0. The first-order chi connectivity index (χ1) is 13.2. The van der Waals surface area contributed by atoms with Crippen LogP contribution < -0.4 is 10.2 Å². The molecule has 0 fully saturated rings. The van der Waals surface area contributed by atoms with Crippen LogP contribution in [0.3, 0.4) is 0 Å². The van der Waals surface area contributed by atoms with Crippen molar-refractivity contribution >= 4 is 17.5 Å². The van der Waals surface area contributed by atoms with Crippen LogP contribution >= 0.6 is 0 Å². The number of carbonyl (C=O) groups excluding carboxylic acids is 1. The van der Waals surface area contributed by atoms with Crippen LogP contribution in [0.2, 0.25) is 0 Å². The minimum atomic E-state index is -0.543. The van der Waals surface area contributed by atoms with E-state index in [1.807, 2.05) is 20.0 Å². The molecule has 0 unspecified atom stereocenters. The summed E-state index contributed by atoms with van der Waals surface area (Å²) in [6.07, 6.45) is 0.206. The Morgan fingerprint density at radius 3 is 2.43 bits per heavy atom. The van der Waals surface area contributed by atoms with Crippen molar-refractivity contribution in [1.82, 2.24) is 0 Å². The molecule has 0 spiro atoms. The zero-order valence-electron chi connectivity index (χ0n) is 17.4. The SMILES string of the molecule is CCCOC(=O)Nc1ccc(N(C)Cc2ccc(C(C)(C)C)cc2)cc1C#N. The third kappa shape index (κ3) is 5.75. The van der Waals surface area contributed by atoms with Gasteiger partial charge in [-0.1, -0.05) is 52.0 Å². The molecule has 0 bridgehead atoms. The van der Waals surface area contributed by atoms with Crippen molar-refractivity contribution in [2.45, 2.75) is 46.1 Å². The molecule has 0 atom stereocenters. The first kappa shape index (κ1) is 21.3. The topological polar surface area (TPSA) is 65.4 Å². The van der Waals surface area contributed by atoms with Gasteiger partial charge in [-0.3, -0.25) is 5.32 Å². The molecule has 1 amide bonds. The molecule has 2 rings (SSSR count). The van der Waals surface area contributed by atoms with Gasteiger partial charge in [-0.2, -0.15) is 5.26 Å². The zero-order valence-corrected chi connectivity index (χ0v) is 17.4. The van der Waals surface area contributed by atoms with E-state index in [0.717, 1.165) is 18.7 Å². The fourth-order valence-corrected chi connectivity index (χ4v) is 2.79. The number of hydrogen-bond acceptors (Lipinski definition) is 4. The molecular formula is C23H29N3O2. The van der Waals surface area contributed by atoms with Gasteiger partial charge >= 0.3 is 6.09 Å². The number of nitrogens with zero attached hydrogens (tertiary/aromatic N) is 2. The van der Waals surface area contributed by atoms with Gasteiger partial charge in [0.05, 0.1) is 17.9 Å². The summed E-state index contributed by atoms with van der Waals surface area (Å²) in [4.78, 5) is 13.8. The molecule has 5 heteroatoms. The summed E-state index contributed by atoms with van der Waals surface area (Å²) >= 11 is 0. The van der Waals surface area contributed by atoms with Gasteiger partial charge in [-0.05, 0) is 41.2 Å². The van der Waals surface area contributed by atoms with Gasteiger partial charge in [0.2, 0.25) is 0 Å². The van der Waals surface area contributed by atoms with E-state index in [1.54, 1.807) is 12.1 Å². The van der Waals surface area contributed by atoms with Crippen LogP contribution in [0.5, 0.6) is 0 Å². The van der Waals surface area contributed by atoms with E-state index in [9.17, 15) is 10.1 Å². The number of benzene rings is 2. The highest BCUT2D eigenvalue weighted by Crippen LogP contribution is 2.25. The van der Waals surface area contributed by atoms with Crippen molar-refractivity contribution in [2.24, 2.45) is 0 Å². The molecule has 2 aromatic carbocycles. The highest BCUT2D eigenvalue weighted by atomic mass is 16.5. The monoisotopic (exact) mass is 379 g/mol. The lowest BCUT2D eigenvalue weighted by atomic mass is 9.87. The Kier molecular flexibility index (Phi) is 7.06. The Morgan fingerprint density at radius 2 is 1.86 bits per heavy atom. The summed E-state index contributed by atoms with van der Waals surface area (Å²) < 4.78 is 5.01. The molecule has 0 aliphatic rings. The van der Waals surface area contributed by atoms with E-state index in [2.05, 4.69) is 61.3 Å². The minimum Gasteiger partial charge on any atom is -0.449 e. The third-order valence-corrected chi connectivity index (χ3v) is 4.48. The number of nitrogens with one attached hydrogen (secondary N) is 1. The molecule has 0 saturated carbocycles. The van der Waals surface area contributed by atoms with Crippen molar-refractivity contribution in [1.29, 1.82) is 5.26 Å². The number of hydrogen-bond donors (Lipinski definition) is 1. The van der Waals surface area contributed by atoms with Crippen molar-refractivity contribution in [3.8, 4) is 6.07 Å². The second kappa shape index (κ2) is 9.27. The summed E-state index contributed by atoms with van der Waals surface area (Å²) in [5, 5.41) is 12.1. The average Bonchev–Trinajstić information content (AvgIpc) is 2.66. The molecule has 0 heterocycles. The maximum absolute atomic E-state index is 11.7. The molecule has 0 aromatic heterocycles. The highest BCUT2D eigenvalue weighted by Gasteiger charge is 2.14. The van der Waals surface area contributed by atoms with Crippen LogP contribution in [0.25, 0.3) is 0 Å². The lowest BCUT2D eigenvalue weighted by Gasteiger charge is -2.22. The Morgan fingerprint density at radius 1 is 1.18 bits per heavy atom. The quantitative estimate of drug-likeness (QED) is 0.725. The second-order valence-electron chi connectivity index (χ2n) is 7.91. The summed E-state index contributed by atoms with van der Waals surface area (Å²) in [5.41, 5.74) is 4.39. The minimum absolute atomic E-state index is 0.132.